The summed E-state index contributed by atoms with van der Waals surface area (Å²) in [7, 11) is 1.93. The van der Waals surface area contributed by atoms with Gasteiger partial charge in [-0.2, -0.15) is 0 Å². The van der Waals surface area contributed by atoms with Gasteiger partial charge in [-0.25, -0.2) is 0 Å². The van der Waals surface area contributed by atoms with Crippen molar-refractivity contribution in [3.05, 3.63) is 66.2 Å². The largest absolute Gasteiger partial charge is 0.344 e. The predicted octanol–water partition coefficient (Wildman–Crippen LogP) is 4.39. The molecule has 0 spiro atoms. The molecule has 1 atom stereocenters. The zero-order valence-corrected chi connectivity index (χ0v) is 13.6. The highest BCUT2D eigenvalue weighted by Gasteiger charge is 2.29. The highest BCUT2D eigenvalue weighted by atomic mass is 32.2. The lowest BCUT2D eigenvalue weighted by atomic mass is 10.1. The maximum atomic E-state index is 12.9. The molecule has 1 aliphatic rings. The average Bonchev–Trinajstić information content (AvgIpc) is 3.38. The van der Waals surface area contributed by atoms with E-state index in [1.807, 2.05) is 60.5 Å². The van der Waals surface area contributed by atoms with E-state index in [9.17, 15) is 4.79 Å². The number of carbonyl (C=O) groups is 1. The van der Waals surface area contributed by atoms with Gasteiger partial charge in [-0.1, -0.05) is 48.5 Å². The average molecular weight is 311 g/mol. The third-order valence-electron chi connectivity index (χ3n) is 3.93. The summed E-state index contributed by atoms with van der Waals surface area (Å²) in [6, 6.07) is 20.3. The SMILES string of the molecule is CN(CC1CC1)C(=O)C(Sc1ccccc1)c1ccccc1. The molecule has 0 aromatic heterocycles. The third kappa shape index (κ3) is 3.92. The number of hydrogen-bond donors (Lipinski definition) is 0. The van der Waals surface area contributed by atoms with Crippen LogP contribution in [0.25, 0.3) is 0 Å². The molecule has 1 saturated carbocycles. The van der Waals surface area contributed by atoms with Gasteiger partial charge < -0.3 is 4.90 Å². The van der Waals surface area contributed by atoms with Crippen LogP contribution in [0.5, 0.6) is 0 Å². The van der Waals surface area contributed by atoms with Gasteiger partial charge in [0.2, 0.25) is 5.91 Å². The lowest BCUT2D eigenvalue weighted by Gasteiger charge is -2.24. The molecule has 0 saturated heterocycles. The monoisotopic (exact) mass is 311 g/mol. The minimum atomic E-state index is -0.174. The Bertz CT molecular complexity index is 610. The maximum absolute atomic E-state index is 12.9. The first kappa shape index (κ1) is 15.2. The van der Waals surface area contributed by atoms with Crippen LogP contribution >= 0.6 is 11.8 Å². The summed E-state index contributed by atoms with van der Waals surface area (Å²) in [6.07, 6.45) is 2.53. The van der Waals surface area contributed by atoms with Crippen LogP contribution in [0.1, 0.15) is 23.7 Å². The van der Waals surface area contributed by atoms with Crippen LogP contribution < -0.4 is 0 Å². The molecular weight excluding hydrogens is 290 g/mol. The van der Waals surface area contributed by atoms with Gasteiger partial charge in [0.15, 0.2) is 0 Å². The Balaban J connectivity index is 1.80. The summed E-state index contributed by atoms with van der Waals surface area (Å²) in [6.45, 7) is 0.886. The second kappa shape index (κ2) is 7.01. The minimum Gasteiger partial charge on any atom is -0.344 e. The molecule has 2 aromatic rings. The number of rotatable bonds is 6. The zero-order chi connectivity index (χ0) is 15.4. The van der Waals surface area contributed by atoms with Crippen LogP contribution in [0.2, 0.25) is 0 Å². The fourth-order valence-electron chi connectivity index (χ4n) is 2.50. The Morgan fingerprint density at radius 2 is 1.68 bits per heavy atom. The second-order valence-electron chi connectivity index (χ2n) is 5.88. The number of thioether (sulfide) groups is 1. The van der Waals surface area contributed by atoms with Crippen LogP contribution in [0, 0.1) is 5.92 Å². The van der Waals surface area contributed by atoms with E-state index in [0.29, 0.717) is 5.92 Å². The van der Waals surface area contributed by atoms with E-state index in [-0.39, 0.29) is 11.2 Å². The Hall–Kier alpha value is -1.74. The Morgan fingerprint density at radius 3 is 2.27 bits per heavy atom. The van der Waals surface area contributed by atoms with Gasteiger partial charge >= 0.3 is 0 Å². The fraction of sp³-hybridized carbons (Fsp3) is 0.316. The summed E-state index contributed by atoms with van der Waals surface area (Å²) in [5, 5.41) is -0.174. The molecule has 1 aliphatic carbocycles. The lowest BCUT2D eigenvalue weighted by molar-refractivity contribution is -0.129. The first-order valence-electron chi connectivity index (χ1n) is 7.75. The zero-order valence-electron chi connectivity index (χ0n) is 12.8. The van der Waals surface area contributed by atoms with Gasteiger partial charge in [-0.15, -0.1) is 11.8 Å². The number of benzene rings is 2. The molecule has 3 heteroatoms. The van der Waals surface area contributed by atoms with Crippen molar-refractivity contribution in [1.29, 1.82) is 0 Å². The highest BCUT2D eigenvalue weighted by molar-refractivity contribution is 8.00. The van der Waals surface area contributed by atoms with Crippen molar-refractivity contribution in [2.24, 2.45) is 5.92 Å². The van der Waals surface area contributed by atoms with Gasteiger partial charge in [-0.3, -0.25) is 4.79 Å². The second-order valence-corrected chi connectivity index (χ2v) is 7.06. The van der Waals surface area contributed by atoms with Gasteiger partial charge in [0, 0.05) is 18.5 Å². The molecule has 2 aromatic carbocycles. The molecule has 1 fully saturated rings. The Kier molecular flexibility index (Phi) is 4.84. The molecule has 0 radical (unpaired) electrons. The van der Waals surface area contributed by atoms with Crippen molar-refractivity contribution >= 4 is 17.7 Å². The molecule has 22 heavy (non-hydrogen) atoms. The summed E-state index contributed by atoms with van der Waals surface area (Å²) in [5.74, 6) is 0.916. The van der Waals surface area contributed by atoms with Crippen LogP contribution in [-0.2, 0) is 4.79 Å². The molecule has 1 unspecified atom stereocenters. The minimum absolute atomic E-state index is 0.174. The number of carbonyl (C=O) groups excluding carboxylic acids is 1. The van der Waals surface area contributed by atoms with E-state index in [2.05, 4.69) is 12.1 Å². The maximum Gasteiger partial charge on any atom is 0.240 e. The first-order chi connectivity index (χ1) is 10.7. The van der Waals surface area contributed by atoms with Crippen molar-refractivity contribution in [3.63, 3.8) is 0 Å². The molecule has 114 valence electrons. The highest BCUT2D eigenvalue weighted by Crippen LogP contribution is 2.37. The van der Waals surface area contributed by atoms with Gasteiger partial charge in [0.1, 0.15) is 5.25 Å². The van der Waals surface area contributed by atoms with Crippen molar-refractivity contribution in [1.82, 2.24) is 4.90 Å². The van der Waals surface area contributed by atoms with Crippen molar-refractivity contribution in [3.8, 4) is 0 Å². The van der Waals surface area contributed by atoms with Crippen molar-refractivity contribution < 1.29 is 4.79 Å². The summed E-state index contributed by atoms with van der Waals surface area (Å²) in [4.78, 5) is 16.0. The Labute approximate surface area is 136 Å². The number of hydrogen-bond acceptors (Lipinski definition) is 2. The smallest absolute Gasteiger partial charge is 0.240 e. The van der Waals surface area contributed by atoms with E-state index in [4.69, 9.17) is 0 Å². The molecule has 0 aliphatic heterocycles. The van der Waals surface area contributed by atoms with E-state index in [1.54, 1.807) is 11.8 Å². The molecule has 0 bridgehead atoms. The molecule has 1 amide bonds. The number of likely N-dealkylation sites (N-methyl/N-ethyl adjacent to an activating group) is 1. The van der Waals surface area contributed by atoms with Crippen LogP contribution in [-0.4, -0.2) is 24.4 Å². The fourth-order valence-corrected chi connectivity index (χ4v) is 3.66. The predicted molar refractivity (Wildman–Crippen MR) is 91.8 cm³/mol. The topological polar surface area (TPSA) is 20.3 Å². The van der Waals surface area contributed by atoms with E-state index >= 15 is 0 Å². The molecular formula is C19H21NOS. The molecule has 0 N–H and O–H groups in total. The molecule has 0 heterocycles. The summed E-state index contributed by atoms with van der Waals surface area (Å²) in [5.41, 5.74) is 1.07. The van der Waals surface area contributed by atoms with Crippen molar-refractivity contribution in [2.45, 2.75) is 23.0 Å². The first-order valence-corrected chi connectivity index (χ1v) is 8.63. The standard InChI is InChI=1S/C19H21NOS/c1-20(14-15-12-13-15)19(21)18(16-8-4-2-5-9-16)22-17-10-6-3-7-11-17/h2-11,15,18H,12-14H2,1H3. The van der Waals surface area contributed by atoms with Crippen molar-refractivity contribution in [2.75, 3.05) is 13.6 Å². The van der Waals surface area contributed by atoms with Crippen LogP contribution in [0.4, 0.5) is 0 Å². The molecule has 2 nitrogen and oxygen atoms in total. The quantitative estimate of drug-likeness (QED) is 0.738. The number of amides is 1. The number of nitrogens with zero attached hydrogens (tertiary/aromatic N) is 1. The summed E-state index contributed by atoms with van der Waals surface area (Å²) >= 11 is 1.63. The van der Waals surface area contributed by atoms with Gasteiger partial charge in [0.05, 0.1) is 0 Å². The van der Waals surface area contributed by atoms with Gasteiger partial charge in [-0.05, 0) is 36.5 Å². The third-order valence-corrected chi connectivity index (χ3v) is 5.18. The Morgan fingerprint density at radius 1 is 1.09 bits per heavy atom. The van der Waals surface area contributed by atoms with Gasteiger partial charge in [0.25, 0.3) is 0 Å². The van der Waals surface area contributed by atoms with Crippen LogP contribution in [0.3, 0.4) is 0 Å². The van der Waals surface area contributed by atoms with E-state index in [1.165, 1.54) is 12.8 Å². The van der Waals surface area contributed by atoms with E-state index < -0.39 is 0 Å². The normalized spacial score (nSPS) is 15.3. The molecule has 3 rings (SSSR count). The van der Waals surface area contributed by atoms with E-state index in [0.717, 1.165) is 17.0 Å². The summed E-state index contributed by atoms with van der Waals surface area (Å²) < 4.78 is 0. The van der Waals surface area contributed by atoms with Crippen LogP contribution in [0.15, 0.2) is 65.6 Å². The lowest BCUT2D eigenvalue weighted by Crippen LogP contribution is -2.32.